The summed E-state index contributed by atoms with van der Waals surface area (Å²) in [5.41, 5.74) is -0.206. The number of carboxylic acids is 1. The largest absolute Gasteiger partial charge is 0.498 e. The molecule has 158 valence electrons. The van der Waals surface area contributed by atoms with E-state index in [-0.39, 0.29) is 23.3 Å². The van der Waals surface area contributed by atoms with E-state index in [1.165, 1.54) is 0 Å². The summed E-state index contributed by atoms with van der Waals surface area (Å²) in [7, 11) is -3.12. The molecule has 1 rings (SSSR count). The van der Waals surface area contributed by atoms with Gasteiger partial charge in [0, 0.05) is 30.7 Å². The summed E-state index contributed by atoms with van der Waals surface area (Å²) in [6.07, 6.45) is 5.84. The van der Waals surface area contributed by atoms with Crippen LogP contribution in [0.1, 0.15) is 54.4 Å². The van der Waals surface area contributed by atoms with Crippen molar-refractivity contribution in [1.29, 1.82) is 0 Å². The maximum atomic E-state index is 12.1. The van der Waals surface area contributed by atoms with Crippen LogP contribution < -0.4 is 5.32 Å². The van der Waals surface area contributed by atoms with E-state index in [0.29, 0.717) is 32.2 Å². The number of rotatable bonds is 12. The molecular formula is C20H39NO5Si. The van der Waals surface area contributed by atoms with Crippen molar-refractivity contribution in [2.24, 2.45) is 23.2 Å². The zero-order chi connectivity index (χ0) is 20.7. The topological polar surface area (TPSA) is 88.0 Å². The number of aliphatic carboxylic acids is 1. The standard InChI is InChI=1S/C20H39NO5Si/c1-7-20(6)12-11-16(15(4)5)17(19(22)23)18(20)21-13-10-14-27(24,25-8-2)26-9-3/h11-12,15-18,21,24H,7-10,13-14H2,1-6H3,(H,22,23). The third kappa shape index (κ3) is 6.39. The molecule has 0 saturated heterocycles. The van der Waals surface area contributed by atoms with Crippen molar-refractivity contribution in [2.45, 2.75) is 66.5 Å². The highest BCUT2D eigenvalue weighted by Gasteiger charge is 2.46. The smallest absolute Gasteiger partial charge is 0.481 e. The van der Waals surface area contributed by atoms with Gasteiger partial charge in [0.15, 0.2) is 0 Å². The second-order valence-corrected chi connectivity index (χ2v) is 10.5. The van der Waals surface area contributed by atoms with Crippen molar-refractivity contribution in [3.63, 3.8) is 0 Å². The third-order valence-electron chi connectivity index (χ3n) is 5.77. The predicted octanol–water partition coefficient (Wildman–Crippen LogP) is 3.30. The van der Waals surface area contributed by atoms with Gasteiger partial charge in [-0.15, -0.1) is 0 Å². The van der Waals surface area contributed by atoms with Gasteiger partial charge in [-0.25, -0.2) is 0 Å². The molecule has 0 aliphatic heterocycles. The Kier molecular flexibility index (Phi) is 9.64. The van der Waals surface area contributed by atoms with E-state index < -0.39 is 20.7 Å². The van der Waals surface area contributed by atoms with Gasteiger partial charge in [-0.2, -0.15) is 0 Å². The first-order valence-electron chi connectivity index (χ1n) is 10.3. The average molecular weight is 402 g/mol. The van der Waals surface area contributed by atoms with Crippen molar-refractivity contribution in [3.05, 3.63) is 12.2 Å². The molecule has 4 atom stereocenters. The lowest BCUT2D eigenvalue weighted by molar-refractivity contribution is -0.146. The van der Waals surface area contributed by atoms with Crippen LogP contribution in [-0.4, -0.2) is 50.5 Å². The van der Waals surface area contributed by atoms with Crippen LogP contribution in [-0.2, 0) is 13.6 Å². The molecule has 0 aromatic rings. The first-order chi connectivity index (χ1) is 12.6. The van der Waals surface area contributed by atoms with Crippen LogP contribution in [0.5, 0.6) is 0 Å². The molecule has 27 heavy (non-hydrogen) atoms. The third-order valence-corrected chi connectivity index (χ3v) is 8.24. The van der Waals surface area contributed by atoms with Crippen molar-refractivity contribution < 1.29 is 23.5 Å². The van der Waals surface area contributed by atoms with Gasteiger partial charge in [0.25, 0.3) is 0 Å². The minimum Gasteiger partial charge on any atom is -0.481 e. The van der Waals surface area contributed by atoms with Crippen LogP contribution in [0.3, 0.4) is 0 Å². The second-order valence-electron chi connectivity index (χ2n) is 8.02. The molecule has 0 radical (unpaired) electrons. The normalized spacial score (nSPS) is 28.7. The number of nitrogens with one attached hydrogen (secondary N) is 1. The van der Waals surface area contributed by atoms with Crippen molar-refractivity contribution in [1.82, 2.24) is 5.32 Å². The highest BCUT2D eigenvalue weighted by molar-refractivity contribution is 6.59. The molecule has 0 saturated carbocycles. The zero-order valence-electron chi connectivity index (χ0n) is 17.8. The minimum atomic E-state index is -3.12. The predicted molar refractivity (Wildman–Crippen MR) is 109 cm³/mol. The Labute approximate surface area is 165 Å². The van der Waals surface area contributed by atoms with Crippen LogP contribution in [0, 0.1) is 23.2 Å². The van der Waals surface area contributed by atoms with E-state index in [0.717, 1.165) is 6.42 Å². The van der Waals surface area contributed by atoms with Gasteiger partial charge in [-0.1, -0.05) is 39.8 Å². The van der Waals surface area contributed by atoms with Gasteiger partial charge in [0.2, 0.25) is 0 Å². The summed E-state index contributed by atoms with van der Waals surface area (Å²) >= 11 is 0. The van der Waals surface area contributed by atoms with Gasteiger partial charge in [-0.05, 0) is 45.1 Å². The Balaban J connectivity index is 2.84. The Morgan fingerprint density at radius 1 is 1.26 bits per heavy atom. The fraction of sp³-hybridized carbons (Fsp3) is 0.850. The maximum Gasteiger partial charge on any atom is 0.498 e. The summed E-state index contributed by atoms with van der Waals surface area (Å²) in [5.74, 6) is -0.932. The van der Waals surface area contributed by atoms with Crippen LogP contribution in [0.15, 0.2) is 12.2 Å². The first kappa shape index (κ1) is 24.3. The molecule has 0 spiro atoms. The minimum absolute atomic E-state index is 0.0118. The summed E-state index contributed by atoms with van der Waals surface area (Å²) in [6, 6.07) is 0.324. The molecule has 0 fully saturated rings. The van der Waals surface area contributed by atoms with E-state index in [1.807, 2.05) is 13.8 Å². The first-order valence-corrected chi connectivity index (χ1v) is 12.3. The number of hydrogen-bond acceptors (Lipinski definition) is 5. The molecule has 3 N–H and O–H groups in total. The SMILES string of the molecule is CCO[Si](O)(CCCNC1C(C(=O)O)C(C(C)C)C=CC1(C)CC)OCC. The van der Waals surface area contributed by atoms with Crippen LogP contribution in [0.4, 0.5) is 0 Å². The van der Waals surface area contributed by atoms with E-state index in [2.05, 4.69) is 45.2 Å². The van der Waals surface area contributed by atoms with E-state index in [9.17, 15) is 14.7 Å². The van der Waals surface area contributed by atoms with E-state index in [1.54, 1.807) is 0 Å². The second kappa shape index (κ2) is 10.7. The number of allylic oxidation sites excluding steroid dienone is 1. The van der Waals surface area contributed by atoms with Crippen molar-refractivity contribution in [2.75, 3.05) is 19.8 Å². The Morgan fingerprint density at radius 2 is 1.85 bits per heavy atom. The zero-order valence-corrected chi connectivity index (χ0v) is 18.8. The Morgan fingerprint density at radius 3 is 2.30 bits per heavy atom. The van der Waals surface area contributed by atoms with Crippen molar-refractivity contribution >= 4 is 14.8 Å². The van der Waals surface area contributed by atoms with Gasteiger partial charge in [0.05, 0.1) is 5.92 Å². The Hall–Kier alpha value is -0.733. The highest BCUT2D eigenvalue weighted by Crippen LogP contribution is 2.42. The van der Waals surface area contributed by atoms with Gasteiger partial charge < -0.3 is 24.1 Å². The van der Waals surface area contributed by atoms with Crippen LogP contribution in [0.2, 0.25) is 6.04 Å². The molecular weight excluding hydrogens is 362 g/mol. The number of hydrogen-bond donors (Lipinski definition) is 3. The van der Waals surface area contributed by atoms with Gasteiger partial charge in [-0.3, -0.25) is 4.79 Å². The fourth-order valence-electron chi connectivity index (χ4n) is 4.04. The van der Waals surface area contributed by atoms with Crippen LogP contribution >= 0.6 is 0 Å². The lowest BCUT2D eigenvalue weighted by Gasteiger charge is -2.45. The molecule has 7 heteroatoms. The molecule has 1 aliphatic carbocycles. The lowest BCUT2D eigenvalue weighted by atomic mass is 9.63. The van der Waals surface area contributed by atoms with Gasteiger partial charge >= 0.3 is 14.8 Å². The molecule has 0 amide bonds. The monoisotopic (exact) mass is 401 g/mol. The quantitative estimate of drug-likeness (QED) is 0.264. The highest BCUT2D eigenvalue weighted by atomic mass is 28.4. The van der Waals surface area contributed by atoms with Crippen LogP contribution in [0.25, 0.3) is 0 Å². The van der Waals surface area contributed by atoms with E-state index >= 15 is 0 Å². The summed E-state index contributed by atoms with van der Waals surface area (Å²) in [6.45, 7) is 13.5. The van der Waals surface area contributed by atoms with Gasteiger partial charge in [0.1, 0.15) is 0 Å². The molecule has 0 aromatic heterocycles. The molecule has 0 aromatic carbocycles. The molecule has 1 aliphatic rings. The van der Waals surface area contributed by atoms with E-state index in [4.69, 9.17) is 8.85 Å². The lowest BCUT2D eigenvalue weighted by Crippen LogP contribution is -2.55. The fourth-order valence-corrected chi connectivity index (χ4v) is 5.93. The molecule has 6 nitrogen and oxygen atoms in total. The maximum absolute atomic E-state index is 12.1. The average Bonchev–Trinajstić information content (AvgIpc) is 2.59. The molecule has 0 heterocycles. The number of carbonyl (C=O) groups is 1. The Bertz CT molecular complexity index is 493. The molecule has 4 unspecified atom stereocenters. The summed E-state index contributed by atoms with van der Waals surface area (Å²) < 4.78 is 10.9. The number of carboxylic acid groups (broad SMARTS) is 1. The van der Waals surface area contributed by atoms with Crippen molar-refractivity contribution in [3.8, 4) is 0 Å². The summed E-state index contributed by atoms with van der Waals surface area (Å²) in [5, 5.41) is 13.4. The summed E-state index contributed by atoms with van der Waals surface area (Å²) in [4.78, 5) is 22.6. The molecule has 0 bridgehead atoms.